The summed E-state index contributed by atoms with van der Waals surface area (Å²) in [5, 5.41) is 13.0. The van der Waals surface area contributed by atoms with Crippen molar-refractivity contribution in [2.45, 2.75) is 75.9 Å². The number of alkyl carbamates (subject to hydrolysis) is 1. The Labute approximate surface area is 275 Å². The van der Waals surface area contributed by atoms with E-state index in [1.165, 1.54) is 24.9 Å². The van der Waals surface area contributed by atoms with Crippen molar-refractivity contribution >= 4 is 29.3 Å². The zero-order valence-electron chi connectivity index (χ0n) is 26.6. The molecule has 0 bridgehead atoms. The molecule has 246 valence electrons. The average Bonchev–Trinajstić information content (AvgIpc) is 3.06. The fourth-order valence-electron chi connectivity index (χ4n) is 7.40. The second-order valence-corrected chi connectivity index (χ2v) is 13.6. The first-order valence-electron chi connectivity index (χ1n) is 16.6. The second kappa shape index (κ2) is 14.1. The fourth-order valence-corrected chi connectivity index (χ4v) is 7.58. The molecule has 1 atom stereocenters. The Morgan fingerprint density at radius 3 is 2.54 bits per heavy atom. The zero-order chi connectivity index (χ0) is 32.3. The third-order valence-corrected chi connectivity index (χ3v) is 10.3. The lowest BCUT2D eigenvalue weighted by Crippen LogP contribution is -2.53. The van der Waals surface area contributed by atoms with Crippen LogP contribution in [0.2, 0.25) is 5.02 Å². The van der Waals surface area contributed by atoms with Crippen LogP contribution in [0.15, 0.2) is 65.6 Å². The number of piperidine rings is 2. The molecule has 0 radical (unpaired) electrons. The number of halogens is 2. The van der Waals surface area contributed by atoms with Crippen LogP contribution in [0.1, 0.15) is 74.8 Å². The normalized spacial score (nSPS) is 20.5. The van der Waals surface area contributed by atoms with Crippen molar-refractivity contribution in [3.05, 3.63) is 81.8 Å². The Bertz CT molecular complexity index is 1500. The Balaban J connectivity index is 1.08. The SMILES string of the molecule is CN(Cc1ccc(N2CCCCC2)cc1)C(=O)C(CCCN1CCC2(CC1)OC(=O)NC1=C2C=C(F)CC1)c1ccc(O)c(Cl)c1. The minimum absolute atomic E-state index is 0.00616. The number of phenols is 1. The molecule has 2 aromatic carbocycles. The first-order chi connectivity index (χ1) is 22.2. The molecule has 3 aliphatic heterocycles. The largest absolute Gasteiger partial charge is 0.506 e. The van der Waals surface area contributed by atoms with E-state index in [0.717, 1.165) is 48.5 Å². The van der Waals surface area contributed by atoms with Gasteiger partial charge in [-0.1, -0.05) is 29.8 Å². The van der Waals surface area contributed by atoms with E-state index in [0.29, 0.717) is 51.7 Å². The summed E-state index contributed by atoms with van der Waals surface area (Å²) in [4.78, 5) is 32.8. The van der Waals surface area contributed by atoms with Crippen molar-refractivity contribution in [1.82, 2.24) is 15.1 Å². The van der Waals surface area contributed by atoms with Crippen molar-refractivity contribution in [3.8, 4) is 5.75 Å². The number of nitrogens with zero attached hydrogens (tertiary/aromatic N) is 3. The number of likely N-dealkylation sites (tertiary alicyclic amines) is 1. The number of carbonyl (C=O) groups excluding carboxylic acids is 2. The van der Waals surface area contributed by atoms with Gasteiger partial charge in [-0.3, -0.25) is 10.1 Å². The third-order valence-electron chi connectivity index (χ3n) is 10.0. The maximum atomic E-state index is 14.2. The van der Waals surface area contributed by atoms with Gasteiger partial charge >= 0.3 is 6.09 Å². The summed E-state index contributed by atoms with van der Waals surface area (Å²) in [6, 6.07) is 13.6. The maximum absolute atomic E-state index is 14.2. The Kier molecular flexibility index (Phi) is 9.89. The summed E-state index contributed by atoms with van der Waals surface area (Å²) in [7, 11) is 1.84. The monoisotopic (exact) mass is 650 g/mol. The van der Waals surface area contributed by atoms with Crippen LogP contribution in [0.5, 0.6) is 5.75 Å². The number of nitrogens with one attached hydrogen (secondary N) is 1. The topological polar surface area (TPSA) is 85.3 Å². The van der Waals surface area contributed by atoms with Crippen molar-refractivity contribution in [1.29, 1.82) is 0 Å². The average molecular weight is 651 g/mol. The molecular formula is C36H44ClFN4O4. The van der Waals surface area contributed by atoms with Crippen LogP contribution in [0, 0.1) is 0 Å². The van der Waals surface area contributed by atoms with Gasteiger partial charge in [-0.15, -0.1) is 0 Å². The van der Waals surface area contributed by atoms with Crippen LogP contribution in [0.3, 0.4) is 0 Å². The molecule has 1 aliphatic carbocycles. The summed E-state index contributed by atoms with van der Waals surface area (Å²) in [6.07, 6.45) is 8.19. The number of fused-ring (bicyclic) bond motifs is 1. The first kappa shape index (κ1) is 32.4. The molecule has 4 aliphatic rings. The molecule has 1 unspecified atom stereocenters. The lowest BCUT2D eigenvalue weighted by molar-refractivity contribution is -0.132. The fraction of sp³-hybridized carbons (Fsp3) is 0.500. The number of anilines is 1. The van der Waals surface area contributed by atoms with Crippen molar-refractivity contribution in [2.24, 2.45) is 0 Å². The summed E-state index contributed by atoms with van der Waals surface area (Å²) < 4.78 is 20.0. The van der Waals surface area contributed by atoms with Crippen LogP contribution >= 0.6 is 11.6 Å². The molecule has 0 aromatic heterocycles. The number of carbonyl (C=O) groups is 2. The first-order valence-corrected chi connectivity index (χ1v) is 17.0. The number of ether oxygens (including phenoxy) is 1. The van der Waals surface area contributed by atoms with Crippen LogP contribution in [0.4, 0.5) is 14.9 Å². The highest BCUT2D eigenvalue weighted by Gasteiger charge is 2.46. The molecule has 6 rings (SSSR count). The van der Waals surface area contributed by atoms with Gasteiger partial charge in [0.2, 0.25) is 5.91 Å². The number of phenolic OH excluding ortho intramolecular Hbond substituents is 1. The van der Waals surface area contributed by atoms with E-state index in [1.54, 1.807) is 29.2 Å². The van der Waals surface area contributed by atoms with E-state index in [4.69, 9.17) is 16.3 Å². The molecule has 2 amide bonds. The minimum Gasteiger partial charge on any atom is -0.506 e. The predicted molar refractivity (Wildman–Crippen MR) is 178 cm³/mol. The number of rotatable bonds is 9. The molecule has 2 saturated heterocycles. The Morgan fingerprint density at radius 2 is 1.83 bits per heavy atom. The van der Waals surface area contributed by atoms with Gasteiger partial charge in [0, 0.05) is 76.0 Å². The van der Waals surface area contributed by atoms with Gasteiger partial charge in [0.1, 0.15) is 17.2 Å². The highest BCUT2D eigenvalue weighted by atomic mass is 35.5. The van der Waals surface area contributed by atoms with Gasteiger partial charge in [0.15, 0.2) is 0 Å². The second-order valence-electron chi connectivity index (χ2n) is 13.1. The van der Waals surface area contributed by atoms with Gasteiger partial charge in [-0.2, -0.15) is 0 Å². The van der Waals surface area contributed by atoms with E-state index >= 15 is 0 Å². The minimum atomic E-state index is -0.790. The molecule has 2 aromatic rings. The molecule has 1 spiro atoms. The summed E-state index contributed by atoms with van der Waals surface area (Å²) >= 11 is 6.29. The Morgan fingerprint density at radius 1 is 1.09 bits per heavy atom. The highest BCUT2D eigenvalue weighted by molar-refractivity contribution is 6.32. The number of hydrogen-bond acceptors (Lipinski definition) is 6. The zero-order valence-corrected chi connectivity index (χ0v) is 27.3. The van der Waals surface area contributed by atoms with E-state index in [2.05, 4.69) is 39.4 Å². The van der Waals surface area contributed by atoms with Crippen molar-refractivity contribution in [2.75, 3.05) is 44.7 Å². The quantitative estimate of drug-likeness (QED) is 0.303. The molecule has 2 N–H and O–H groups in total. The molecule has 0 saturated carbocycles. The number of likely N-dealkylation sites (N-methyl/N-ethyl adjacent to an activating group) is 1. The Hall–Kier alpha value is -3.56. The smallest absolute Gasteiger partial charge is 0.412 e. The number of aromatic hydroxyl groups is 1. The number of benzene rings is 2. The van der Waals surface area contributed by atoms with E-state index < -0.39 is 17.6 Å². The van der Waals surface area contributed by atoms with E-state index in [1.807, 2.05) is 7.05 Å². The van der Waals surface area contributed by atoms with E-state index in [-0.39, 0.29) is 22.5 Å². The predicted octanol–water partition coefficient (Wildman–Crippen LogP) is 7.03. The van der Waals surface area contributed by atoms with Crippen LogP contribution in [0.25, 0.3) is 0 Å². The van der Waals surface area contributed by atoms with Gasteiger partial charge in [0.25, 0.3) is 0 Å². The van der Waals surface area contributed by atoms with Crippen molar-refractivity contribution < 1.29 is 23.8 Å². The summed E-state index contributed by atoms with van der Waals surface area (Å²) in [6.45, 7) is 4.86. The molecule has 46 heavy (non-hydrogen) atoms. The molecule has 8 nitrogen and oxygen atoms in total. The molecule has 2 fully saturated rings. The van der Waals surface area contributed by atoms with Gasteiger partial charge in [-0.05, 0) is 86.5 Å². The lowest BCUT2D eigenvalue weighted by Gasteiger charge is -2.45. The third kappa shape index (κ3) is 7.20. The molecule has 3 heterocycles. The molecule has 10 heteroatoms. The summed E-state index contributed by atoms with van der Waals surface area (Å²) in [5.41, 5.74) is 3.85. The molecular weight excluding hydrogens is 607 g/mol. The maximum Gasteiger partial charge on any atom is 0.412 e. The van der Waals surface area contributed by atoms with Crippen LogP contribution in [-0.2, 0) is 16.1 Å². The number of amides is 2. The van der Waals surface area contributed by atoms with Gasteiger partial charge in [-0.25, -0.2) is 9.18 Å². The number of allylic oxidation sites excluding steroid dienone is 2. The van der Waals surface area contributed by atoms with E-state index in [9.17, 15) is 19.1 Å². The van der Waals surface area contributed by atoms with Gasteiger partial charge in [0.05, 0.1) is 10.9 Å². The van der Waals surface area contributed by atoms with Crippen molar-refractivity contribution in [3.63, 3.8) is 0 Å². The lowest BCUT2D eigenvalue weighted by atomic mass is 9.79. The van der Waals surface area contributed by atoms with Crippen LogP contribution in [-0.4, -0.2) is 72.3 Å². The standard InChI is InChI=1S/C36H44ClFN4O4/c1-40(24-25-7-11-28(12-8-25)42-18-3-2-4-19-42)34(44)29(26-9-14-33(43)31(37)22-26)6-5-17-41-20-15-36(16-21-41)30-23-27(38)10-13-32(30)39-35(45)46-36/h7-9,11-12,14,22-23,29,43H,2-6,10,13,15-21,24H2,1H3,(H,39,45). The van der Waals surface area contributed by atoms with Crippen LogP contribution < -0.4 is 10.2 Å². The number of hydrogen-bond donors (Lipinski definition) is 2. The summed E-state index contributed by atoms with van der Waals surface area (Å²) in [5.74, 6) is -0.595. The van der Waals surface area contributed by atoms with Gasteiger partial charge < -0.3 is 24.5 Å². The highest BCUT2D eigenvalue weighted by Crippen LogP contribution is 2.42.